The first-order valence-electron chi connectivity index (χ1n) is 8.17. The Hall–Kier alpha value is -1.51. The molecule has 0 amide bonds. The molecule has 0 saturated heterocycles. The number of nitrogens with two attached hydrogens (primary N) is 1. The Bertz CT molecular complexity index is 683. The van der Waals surface area contributed by atoms with Gasteiger partial charge in [0.1, 0.15) is 18.1 Å². The molecule has 0 aliphatic carbocycles. The molecule has 2 aromatic heterocycles. The second kappa shape index (κ2) is 7.16. The maximum atomic E-state index is 10.7. The van der Waals surface area contributed by atoms with Gasteiger partial charge in [-0.25, -0.2) is 15.0 Å². The van der Waals surface area contributed by atoms with Gasteiger partial charge in [-0.1, -0.05) is 27.7 Å². The first-order chi connectivity index (χ1) is 11.1. The van der Waals surface area contributed by atoms with Crippen LogP contribution in [0.1, 0.15) is 27.7 Å². The largest absolute Gasteiger partial charge is 0.393 e. The van der Waals surface area contributed by atoms with Gasteiger partial charge in [-0.2, -0.15) is 0 Å². The number of nitrogen functional groups attached to an aromatic ring is 1. The van der Waals surface area contributed by atoms with Gasteiger partial charge in [-0.05, 0) is 24.4 Å². The van der Waals surface area contributed by atoms with Gasteiger partial charge < -0.3 is 19.8 Å². The summed E-state index contributed by atoms with van der Waals surface area (Å²) in [4.78, 5) is 12.6. The predicted molar refractivity (Wildman–Crippen MR) is 96.4 cm³/mol. The van der Waals surface area contributed by atoms with Crippen molar-refractivity contribution in [1.82, 2.24) is 19.5 Å². The molecule has 2 aromatic rings. The molecule has 0 fully saturated rings. The second-order valence-corrected chi connectivity index (χ2v) is 9.62. The molecule has 133 valence electrons. The summed E-state index contributed by atoms with van der Waals surface area (Å²) in [6, 6.07) is 0. The average molecular weight is 351 g/mol. The van der Waals surface area contributed by atoms with Crippen molar-refractivity contribution in [3.63, 3.8) is 0 Å². The number of fused-ring (bicyclic) bond motifs is 1. The fraction of sp³-hybridized carbons (Fsp3) is 0.688. The zero-order valence-corrected chi connectivity index (χ0v) is 16.3. The number of hydrogen-bond acceptors (Lipinski definition) is 6. The lowest BCUT2D eigenvalue weighted by Crippen LogP contribution is -2.39. The van der Waals surface area contributed by atoms with E-state index in [1.165, 1.54) is 6.33 Å². The first-order valence-corrected chi connectivity index (χ1v) is 10.6. The molecule has 3 atom stereocenters. The molecule has 24 heavy (non-hydrogen) atoms. The average Bonchev–Trinajstić information content (AvgIpc) is 2.86. The lowest BCUT2D eigenvalue weighted by Gasteiger charge is -2.37. The molecule has 0 saturated carbocycles. The molecule has 2 heterocycles. The molecule has 8 heteroatoms. The summed E-state index contributed by atoms with van der Waals surface area (Å²) >= 11 is 0. The van der Waals surface area contributed by atoms with Gasteiger partial charge in [0.2, 0.25) is 9.04 Å². The number of hydrogen-bond donors (Lipinski definition) is 2. The SMILES string of the molecule is C[C@H]([C@H](Cn1cnc2c(N)ncnc21)C(O)O[Si](C)C)C(C)(C)C. The standard InChI is InChI=1S/C16H28N5O2Si/c1-10(16(2,3)4)11(15(22)23-24(5)6)7-21-9-20-12-13(17)18-8-19-14(12)21/h8-11,15,22H,7H2,1-6H3,(H2,17,18,19)/t10-,11+,15?/m1/s1. The Kier molecular flexibility index (Phi) is 5.62. The fourth-order valence-corrected chi connectivity index (χ4v) is 3.38. The molecule has 1 radical (unpaired) electrons. The molecule has 0 aliphatic rings. The highest BCUT2D eigenvalue weighted by Crippen LogP contribution is 2.35. The van der Waals surface area contributed by atoms with E-state index in [0.29, 0.717) is 23.5 Å². The van der Waals surface area contributed by atoms with E-state index in [1.54, 1.807) is 6.33 Å². The first kappa shape index (κ1) is 18.8. The zero-order chi connectivity index (χ0) is 18.1. The van der Waals surface area contributed by atoms with Gasteiger partial charge in [0, 0.05) is 12.5 Å². The molecular weight excluding hydrogens is 322 g/mol. The zero-order valence-electron chi connectivity index (χ0n) is 15.3. The van der Waals surface area contributed by atoms with E-state index < -0.39 is 15.3 Å². The molecule has 1 unspecified atom stereocenters. The number of rotatable bonds is 6. The highest BCUT2D eigenvalue weighted by molar-refractivity contribution is 6.48. The number of aromatic nitrogens is 4. The van der Waals surface area contributed by atoms with E-state index in [4.69, 9.17) is 10.2 Å². The van der Waals surface area contributed by atoms with E-state index in [1.807, 2.05) is 17.7 Å². The minimum atomic E-state index is -1.00. The summed E-state index contributed by atoms with van der Waals surface area (Å²) in [5.74, 6) is 0.507. The van der Waals surface area contributed by atoms with Crippen LogP contribution in [0.25, 0.3) is 11.2 Å². The van der Waals surface area contributed by atoms with Crippen molar-refractivity contribution in [3.8, 4) is 0 Å². The van der Waals surface area contributed by atoms with Gasteiger partial charge in [0.25, 0.3) is 0 Å². The van der Waals surface area contributed by atoms with Crippen LogP contribution in [0.3, 0.4) is 0 Å². The van der Waals surface area contributed by atoms with Crippen LogP contribution in [0, 0.1) is 17.3 Å². The maximum absolute atomic E-state index is 10.7. The maximum Gasteiger partial charge on any atom is 0.208 e. The highest BCUT2D eigenvalue weighted by Gasteiger charge is 2.34. The minimum absolute atomic E-state index is 0.0355. The van der Waals surface area contributed by atoms with Crippen molar-refractivity contribution >= 4 is 26.0 Å². The van der Waals surface area contributed by atoms with Crippen LogP contribution in [0.4, 0.5) is 5.82 Å². The van der Waals surface area contributed by atoms with E-state index >= 15 is 0 Å². The summed E-state index contributed by atoms with van der Waals surface area (Å²) in [7, 11) is -1.00. The quantitative estimate of drug-likeness (QED) is 0.612. The third kappa shape index (κ3) is 4.11. The van der Waals surface area contributed by atoms with Crippen LogP contribution in [-0.4, -0.2) is 40.0 Å². The van der Waals surface area contributed by atoms with E-state index in [-0.39, 0.29) is 17.3 Å². The van der Waals surface area contributed by atoms with Gasteiger partial charge in [-0.3, -0.25) is 0 Å². The summed E-state index contributed by atoms with van der Waals surface area (Å²) in [6.07, 6.45) is 2.32. The Morgan fingerprint density at radius 2 is 1.96 bits per heavy atom. The van der Waals surface area contributed by atoms with Gasteiger partial charge in [-0.15, -0.1) is 0 Å². The van der Waals surface area contributed by atoms with Crippen LogP contribution in [0.2, 0.25) is 13.1 Å². The number of nitrogens with zero attached hydrogens (tertiary/aromatic N) is 4. The third-order valence-corrected chi connectivity index (χ3v) is 5.28. The van der Waals surface area contributed by atoms with E-state index in [9.17, 15) is 5.11 Å². The number of imidazole rings is 1. The van der Waals surface area contributed by atoms with Crippen LogP contribution in [-0.2, 0) is 11.0 Å². The van der Waals surface area contributed by atoms with Gasteiger partial charge in [0.05, 0.1) is 6.33 Å². The van der Waals surface area contributed by atoms with Crippen LogP contribution < -0.4 is 5.73 Å². The second-order valence-electron chi connectivity index (χ2n) is 7.56. The molecule has 0 aromatic carbocycles. The van der Waals surface area contributed by atoms with Crippen molar-refractivity contribution in [2.75, 3.05) is 5.73 Å². The summed E-state index contributed by atoms with van der Waals surface area (Å²) in [5, 5.41) is 10.7. The van der Waals surface area contributed by atoms with Gasteiger partial charge in [0.15, 0.2) is 11.5 Å². The van der Waals surface area contributed by atoms with E-state index in [0.717, 1.165) is 0 Å². The molecule has 0 spiro atoms. The number of aliphatic hydroxyl groups is 1. The summed E-state index contributed by atoms with van der Waals surface area (Å²) in [5.41, 5.74) is 7.16. The van der Waals surface area contributed by atoms with Crippen molar-refractivity contribution in [2.24, 2.45) is 17.3 Å². The molecule has 0 aliphatic heterocycles. The van der Waals surface area contributed by atoms with Crippen molar-refractivity contribution in [1.29, 1.82) is 0 Å². The van der Waals surface area contributed by atoms with Crippen molar-refractivity contribution < 1.29 is 9.53 Å². The number of anilines is 1. The summed E-state index contributed by atoms with van der Waals surface area (Å²) in [6.45, 7) is 13.3. The molecule has 7 nitrogen and oxygen atoms in total. The monoisotopic (exact) mass is 350 g/mol. The molecular formula is C16H28N5O2Si. The minimum Gasteiger partial charge on any atom is -0.393 e. The lowest BCUT2D eigenvalue weighted by atomic mass is 9.74. The molecule has 3 N–H and O–H groups in total. The fourth-order valence-electron chi connectivity index (χ4n) is 2.73. The molecule has 0 bridgehead atoms. The van der Waals surface area contributed by atoms with Crippen molar-refractivity contribution in [2.45, 2.75) is 53.6 Å². The van der Waals surface area contributed by atoms with E-state index in [2.05, 4.69) is 42.6 Å². The Labute approximate surface area is 145 Å². The molecule has 2 rings (SSSR count). The Balaban J connectivity index is 2.34. The normalized spacial score (nSPS) is 16.5. The predicted octanol–water partition coefficient (Wildman–Crippen LogP) is 2.29. The number of aliphatic hydroxyl groups excluding tert-OH is 1. The van der Waals surface area contributed by atoms with Crippen LogP contribution in [0.15, 0.2) is 12.7 Å². The van der Waals surface area contributed by atoms with Crippen LogP contribution in [0.5, 0.6) is 0 Å². The van der Waals surface area contributed by atoms with Crippen molar-refractivity contribution in [3.05, 3.63) is 12.7 Å². The van der Waals surface area contributed by atoms with Crippen LogP contribution >= 0.6 is 0 Å². The topological polar surface area (TPSA) is 99.1 Å². The third-order valence-electron chi connectivity index (χ3n) is 4.57. The highest BCUT2D eigenvalue weighted by atomic mass is 28.3. The summed E-state index contributed by atoms with van der Waals surface area (Å²) < 4.78 is 7.70. The van der Waals surface area contributed by atoms with Gasteiger partial charge >= 0.3 is 0 Å². The lowest BCUT2D eigenvalue weighted by molar-refractivity contribution is -0.0995. The smallest absolute Gasteiger partial charge is 0.208 e. The Morgan fingerprint density at radius 1 is 1.29 bits per heavy atom. The Morgan fingerprint density at radius 3 is 2.54 bits per heavy atom.